The average molecular weight is 595 g/mol. The van der Waals surface area contributed by atoms with Crippen LogP contribution in [0.1, 0.15) is 103 Å². The van der Waals surface area contributed by atoms with E-state index < -0.39 is 0 Å². The Kier molecular flexibility index (Phi) is 7.99. The summed E-state index contributed by atoms with van der Waals surface area (Å²) in [6.07, 6.45) is 8.67. The van der Waals surface area contributed by atoms with Crippen LogP contribution in [0, 0.1) is 52.3 Å². The number of amides is 1. The summed E-state index contributed by atoms with van der Waals surface area (Å²) in [6, 6.07) is 4.24. The van der Waals surface area contributed by atoms with Crippen LogP contribution in [0.2, 0.25) is 0 Å². The molecular weight excluding hydrogens is 546 g/mol. The minimum absolute atomic E-state index is 0.0541. The molecule has 11 atom stereocenters. The summed E-state index contributed by atoms with van der Waals surface area (Å²) in [5.74, 6) is 3.33. The van der Waals surface area contributed by atoms with Gasteiger partial charge in [0.15, 0.2) is 0 Å². The molecule has 0 unspecified atom stereocenters. The quantitative estimate of drug-likeness (QED) is 0.323. The van der Waals surface area contributed by atoms with Crippen molar-refractivity contribution >= 4 is 33.2 Å². The lowest BCUT2D eigenvalue weighted by Gasteiger charge is -2.62. The van der Waals surface area contributed by atoms with Crippen LogP contribution in [0.3, 0.4) is 0 Å². The lowest BCUT2D eigenvalue weighted by Crippen LogP contribution is -2.58. The highest BCUT2D eigenvalue weighted by Crippen LogP contribution is 2.68. The second-order valence-electron chi connectivity index (χ2n) is 14.1. The zero-order valence-electron chi connectivity index (χ0n) is 23.4. The van der Waals surface area contributed by atoms with E-state index in [1.807, 2.05) is 0 Å². The van der Waals surface area contributed by atoms with E-state index in [2.05, 4.69) is 68.0 Å². The molecule has 0 aliphatic heterocycles. The number of fused-ring (bicyclic) bond motifs is 5. The number of carbonyl (C=O) groups excluding carboxylic acids is 1. The molecule has 208 valence electrons. The maximum atomic E-state index is 13.3. The Labute approximate surface area is 236 Å². The van der Waals surface area contributed by atoms with Gasteiger partial charge < -0.3 is 15.5 Å². The molecule has 4 fully saturated rings. The van der Waals surface area contributed by atoms with Crippen LogP contribution in [0.25, 0.3) is 0 Å². The molecule has 1 aromatic heterocycles. The Morgan fingerprint density at radius 3 is 2.43 bits per heavy atom. The number of thiophene rings is 1. The van der Waals surface area contributed by atoms with Gasteiger partial charge in [-0.15, -0.1) is 11.3 Å². The van der Waals surface area contributed by atoms with Gasteiger partial charge in [-0.25, -0.2) is 0 Å². The first-order valence-corrected chi connectivity index (χ1v) is 16.5. The van der Waals surface area contributed by atoms with Crippen molar-refractivity contribution in [1.82, 2.24) is 5.32 Å². The molecular formula is C31H48BrNO3S. The van der Waals surface area contributed by atoms with Gasteiger partial charge in [0.25, 0.3) is 0 Å². The van der Waals surface area contributed by atoms with Crippen molar-refractivity contribution < 1.29 is 15.0 Å². The van der Waals surface area contributed by atoms with Gasteiger partial charge in [0, 0.05) is 11.3 Å². The zero-order valence-corrected chi connectivity index (χ0v) is 25.8. The normalized spacial score (nSPS) is 43.0. The molecule has 4 saturated carbocycles. The lowest BCUT2D eigenvalue weighted by molar-refractivity contribution is -0.174. The van der Waals surface area contributed by atoms with Gasteiger partial charge in [-0.2, -0.15) is 0 Å². The molecule has 0 aromatic carbocycles. The number of aliphatic hydroxyl groups excluding tert-OH is 2. The first kappa shape index (κ1) is 28.1. The number of hydrogen-bond acceptors (Lipinski definition) is 4. The van der Waals surface area contributed by atoms with Gasteiger partial charge in [0.05, 0.1) is 22.0 Å². The molecule has 0 saturated heterocycles. The van der Waals surface area contributed by atoms with E-state index in [1.54, 1.807) is 11.3 Å². The van der Waals surface area contributed by atoms with Crippen molar-refractivity contribution in [2.45, 2.75) is 111 Å². The summed E-state index contributed by atoms with van der Waals surface area (Å²) >= 11 is 5.28. The first-order chi connectivity index (χ1) is 17.4. The minimum atomic E-state index is -0.243. The third-order valence-electron chi connectivity index (χ3n) is 11.8. The Hall–Kier alpha value is -0.430. The topological polar surface area (TPSA) is 69.6 Å². The van der Waals surface area contributed by atoms with Gasteiger partial charge in [-0.05, 0) is 132 Å². The summed E-state index contributed by atoms with van der Waals surface area (Å²) in [7, 11) is 0. The maximum Gasteiger partial charge on any atom is 0.220 e. The van der Waals surface area contributed by atoms with Gasteiger partial charge in [0.1, 0.15) is 0 Å². The number of rotatable bonds is 6. The molecule has 1 aromatic rings. The summed E-state index contributed by atoms with van der Waals surface area (Å²) < 4.78 is 1.10. The summed E-state index contributed by atoms with van der Waals surface area (Å²) in [5.41, 5.74) is 0.464. The van der Waals surface area contributed by atoms with E-state index in [1.165, 1.54) is 30.6 Å². The molecule has 4 aliphatic carbocycles. The fourth-order valence-electron chi connectivity index (χ4n) is 9.90. The molecule has 1 amide bonds. The van der Waals surface area contributed by atoms with E-state index in [9.17, 15) is 15.0 Å². The molecule has 4 aliphatic rings. The van der Waals surface area contributed by atoms with E-state index in [0.717, 1.165) is 29.5 Å². The molecule has 37 heavy (non-hydrogen) atoms. The van der Waals surface area contributed by atoms with Crippen LogP contribution >= 0.6 is 27.3 Å². The van der Waals surface area contributed by atoms with Crippen molar-refractivity contribution in [3.05, 3.63) is 20.8 Å². The number of nitrogens with one attached hydrogen (secondary N) is 1. The van der Waals surface area contributed by atoms with Crippen LogP contribution in [-0.2, 0) is 4.79 Å². The van der Waals surface area contributed by atoms with Gasteiger partial charge in [0.2, 0.25) is 5.91 Å². The van der Waals surface area contributed by atoms with Crippen LogP contribution in [-0.4, -0.2) is 28.3 Å². The van der Waals surface area contributed by atoms with Crippen molar-refractivity contribution in [3.8, 4) is 0 Å². The summed E-state index contributed by atoms with van der Waals surface area (Å²) in [5, 5.41) is 25.2. The van der Waals surface area contributed by atoms with Crippen molar-refractivity contribution in [1.29, 1.82) is 0 Å². The average Bonchev–Trinajstić information content (AvgIpc) is 3.41. The molecule has 1 heterocycles. The third-order valence-corrected chi connectivity index (χ3v) is 13.5. The molecule has 6 heteroatoms. The van der Waals surface area contributed by atoms with Gasteiger partial charge >= 0.3 is 0 Å². The molecule has 4 nitrogen and oxygen atoms in total. The second-order valence-corrected chi connectivity index (χ2v) is 16.6. The van der Waals surface area contributed by atoms with Crippen molar-refractivity contribution in [3.63, 3.8) is 0 Å². The maximum absolute atomic E-state index is 13.3. The second kappa shape index (κ2) is 10.5. The Morgan fingerprint density at radius 1 is 1.05 bits per heavy atom. The fraction of sp³-hybridized carbons (Fsp3) is 0.839. The van der Waals surface area contributed by atoms with Gasteiger partial charge in [-0.3, -0.25) is 4.79 Å². The molecule has 0 bridgehead atoms. The van der Waals surface area contributed by atoms with Crippen LogP contribution in [0.15, 0.2) is 15.9 Å². The van der Waals surface area contributed by atoms with Crippen molar-refractivity contribution in [2.24, 2.45) is 52.3 Å². The number of halogens is 1. The Balaban J connectivity index is 1.27. The summed E-state index contributed by atoms with van der Waals surface area (Å²) in [6.45, 7) is 11.6. The third kappa shape index (κ3) is 5.00. The highest BCUT2D eigenvalue weighted by molar-refractivity contribution is 9.11. The number of carbonyl (C=O) groups is 1. The minimum Gasteiger partial charge on any atom is -0.393 e. The van der Waals surface area contributed by atoms with Crippen LogP contribution < -0.4 is 5.32 Å². The largest absolute Gasteiger partial charge is 0.393 e. The zero-order chi connectivity index (χ0) is 26.7. The van der Waals surface area contributed by atoms with E-state index in [-0.39, 0.29) is 35.0 Å². The Morgan fingerprint density at radius 2 is 1.76 bits per heavy atom. The van der Waals surface area contributed by atoms with E-state index >= 15 is 0 Å². The highest BCUT2D eigenvalue weighted by Gasteiger charge is 2.62. The van der Waals surface area contributed by atoms with Gasteiger partial charge in [-0.1, -0.05) is 34.6 Å². The van der Waals surface area contributed by atoms with Crippen molar-refractivity contribution in [2.75, 3.05) is 0 Å². The number of aliphatic hydroxyl groups is 2. The summed E-state index contributed by atoms with van der Waals surface area (Å²) in [4.78, 5) is 14.5. The van der Waals surface area contributed by atoms with Crippen LogP contribution in [0.4, 0.5) is 0 Å². The fourth-order valence-corrected chi connectivity index (χ4v) is 11.6. The standard InChI is InChI=1S/C31H48BrNO3S/c1-17(2)29(25-8-9-26(32)37-25)33-27(36)14-18(3)21-6-7-22-28-23(11-13-31(21,22)5)30(4)12-10-20(34)15-19(30)16-24(28)35/h8-9,17-24,28-29,34-35H,6-7,10-16H2,1-5H3,(H,33,36)/t18-,19+,20-,21-,22+,23+,24-,28+,29-,30+,31-/m1/s1. The molecule has 3 N–H and O–H groups in total. The SMILES string of the molecule is CC(C)[C@@H](NC(=O)C[C@@H](C)[C@H]1CC[C@H]2[C@@H]3[C@H](O)C[C@@H]4C[C@H](O)CC[C@]4(C)[C@H]3CC[C@]12C)c1ccc(Br)s1. The highest BCUT2D eigenvalue weighted by atomic mass is 79.9. The number of hydrogen-bond donors (Lipinski definition) is 3. The van der Waals surface area contributed by atoms with E-state index in [0.29, 0.717) is 47.8 Å². The molecule has 0 spiro atoms. The smallest absolute Gasteiger partial charge is 0.220 e. The predicted octanol–water partition coefficient (Wildman–Crippen LogP) is 7.34. The molecule has 0 radical (unpaired) electrons. The first-order valence-electron chi connectivity index (χ1n) is 14.8. The van der Waals surface area contributed by atoms with Crippen LogP contribution in [0.5, 0.6) is 0 Å². The van der Waals surface area contributed by atoms with E-state index in [4.69, 9.17) is 0 Å². The predicted molar refractivity (Wildman–Crippen MR) is 154 cm³/mol. The lowest BCUT2D eigenvalue weighted by atomic mass is 9.43. The monoisotopic (exact) mass is 593 g/mol. The Bertz CT molecular complexity index is 981. The molecule has 5 rings (SSSR count).